The maximum absolute atomic E-state index is 12.2. The molecular formula is C28H24N2O3. The van der Waals surface area contributed by atoms with Crippen molar-refractivity contribution >= 4 is 16.8 Å². The van der Waals surface area contributed by atoms with Gasteiger partial charge in [0.25, 0.3) is 0 Å². The van der Waals surface area contributed by atoms with E-state index in [1.165, 1.54) is 10.9 Å². The maximum Gasteiger partial charge on any atom is 0.161 e. The van der Waals surface area contributed by atoms with Gasteiger partial charge in [0.1, 0.15) is 24.9 Å². The van der Waals surface area contributed by atoms with Crippen molar-refractivity contribution in [3.63, 3.8) is 0 Å². The molecule has 1 aromatic heterocycles. The Labute approximate surface area is 192 Å². The first-order chi connectivity index (χ1) is 16.3. The van der Waals surface area contributed by atoms with E-state index in [2.05, 4.69) is 58.3 Å². The van der Waals surface area contributed by atoms with Crippen LogP contribution in [-0.4, -0.2) is 35.6 Å². The lowest BCUT2D eigenvalue weighted by molar-refractivity contribution is 0.170. The molecule has 0 saturated carbocycles. The average molecular weight is 437 g/mol. The quantitative estimate of drug-likeness (QED) is 0.465. The third-order valence-electron chi connectivity index (χ3n) is 6.60. The van der Waals surface area contributed by atoms with Crippen molar-refractivity contribution < 1.29 is 14.3 Å². The minimum atomic E-state index is -0.142. The molecule has 0 saturated heterocycles. The van der Waals surface area contributed by atoms with Gasteiger partial charge in [-0.15, -0.1) is 0 Å². The van der Waals surface area contributed by atoms with Crippen LogP contribution < -0.4 is 9.47 Å². The summed E-state index contributed by atoms with van der Waals surface area (Å²) >= 11 is 0. The topological polar surface area (TPSA) is 54.6 Å². The molecule has 2 aliphatic rings. The Morgan fingerprint density at radius 3 is 2.61 bits per heavy atom. The van der Waals surface area contributed by atoms with Crippen LogP contribution in [0.2, 0.25) is 0 Å². The van der Waals surface area contributed by atoms with Crippen molar-refractivity contribution in [3.8, 4) is 11.5 Å². The van der Waals surface area contributed by atoms with E-state index in [1.54, 1.807) is 0 Å². The molecule has 0 amide bonds. The first-order valence-corrected chi connectivity index (χ1v) is 11.4. The Morgan fingerprint density at radius 2 is 1.76 bits per heavy atom. The number of nitrogens with zero attached hydrogens (tertiary/aromatic N) is 1. The van der Waals surface area contributed by atoms with E-state index in [0.717, 1.165) is 46.8 Å². The Bertz CT molecular complexity index is 1370. The lowest BCUT2D eigenvalue weighted by atomic mass is 9.91. The molecule has 0 fully saturated rings. The molecule has 5 heteroatoms. The van der Waals surface area contributed by atoms with E-state index in [0.29, 0.717) is 25.3 Å². The highest BCUT2D eigenvalue weighted by Crippen LogP contribution is 2.42. The predicted molar refractivity (Wildman–Crippen MR) is 127 cm³/mol. The lowest BCUT2D eigenvalue weighted by Gasteiger charge is -2.38. The largest absolute Gasteiger partial charge is 0.486 e. The summed E-state index contributed by atoms with van der Waals surface area (Å²) in [5.41, 5.74) is 6.37. The highest BCUT2D eigenvalue weighted by Gasteiger charge is 2.34. The zero-order chi connectivity index (χ0) is 22.2. The fourth-order valence-electron chi connectivity index (χ4n) is 5.09. The van der Waals surface area contributed by atoms with E-state index >= 15 is 0 Å². The Balaban J connectivity index is 1.48. The summed E-state index contributed by atoms with van der Waals surface area (Å²) in [6.45, 7) is 1.84. The zero-order valence-electron chi connectivity index (χ0n) is 18.2. The number of carbonyl (C=O) groups excluding carboxylic acids is 1. The predicted octanol–water partition coefficient (Wildman–Crippen LogP) is 4.84. The summed E-state index contributed by atoms with van der Waals surface area (Å²) < 4.78 is 11.6. The Kier molecular flexibility index (Phi) is 4.89. The third kappa shape index (κ3) is 3.47. The second kappa shape index (κ2) is 8.19. The molecule has 0 radical (unpaired) electrons. The van der Waals surface area contributed by atoms with Gasteiger partial charge in [-0.2, -0.15) is 0 Å². The van der Waals surface area contributed by atoms with Gasteiger partial charge in [-0.05, 0) is 41.3 Å². The molecule has 4 aromatic rings. The van der Waals surface area contributed by atoms with Gasteiger partial charge in [-0.3, -0.25) is 0 Å². The van der Waals surface area contributed by atoms with Crippen molar-refractivity contribution in [3.05, 3.63) is 101 Å². The van der Waals surface area contributed by atoms with Gasteiger partial charge >= 0.3 is 0 Å². The normalized spacial score (nSPS) is 16.8. The summed E-state index contributed by atoms with van der Waals surface area (Å²) in [6, 6.07) is 24.5. The van der Waals surface area contributed by atoms with E-state index in [1.807, 2.05) is 30.3 Å². The summed E-state index contributed by atoms with van der Waals surface area (Å²) in [6.07, 6.45) is 1.40. The third-order valence-corrected chi connectivity index (χ3v) is 6.60. The molecule has 2 aliphatic heterocycles. The number of nitrogens with one attached hydrogen (secondary N) is 1. The van der Waals surface area contributed by atoms with Gasteiger partial charge in [0.05, 0.1) is 6.04 Å². The number of para-hydroxylation sites is 1. The summed E-state index contributed by atoms with van der Waals surface area (Å²) in [4.78, 5) is 18.1. The Hall–Kier alpha value is -3.95. The van der Waals surface area contributed by atoms with Crippen LogP contribution >= 0.6 is 0 Å². The van der Waals surface area contributed by atoms with Crippen LogP contribution in [0.5, 0.6) is 11.5 Å². The molecule has 1 N–H and O–H groups in total. The number of fused-ring (bicyclic) bond motifs is 4. The fraction of sp³-hybridized carbons (Fsp3) is 0.214. The van der Waals surface area contributed by atoms with Crippen LogP contribution in [0.15, 0.2) is 78.5 Å². The van der Waals surface area contributed by atoms with Crippen LogP contribution in [0.1, 0.15) is 28.4 Å². The van der Waals surface area contributed by atoms with E-state index in [9.17, 15) is 4.79 Å². The lowest BCUT2D eigenvalue weighted by Crippen LogP contribution is -2.36. The van der Waals surface area contributed by atoms with Gasteiger partial charge in [-0.25, -0.2) is 4.79 Å². The molecule has 6 rings (SSSR count). The molecule has 3 heterocycles. The van der Waals surface area contributed by atoms with Crippen molar-refractivity contribution in [1.82, 2.24) is 9.88 Å². The molecule has 33 heavy (non-hydrogen) atoms. The van der Waals surface area contributed by atoms with Crippen LogP contribution in [0.3, 0.4) is 0 Å². The summed E-state index contributed by atoms with van der Waals surface area (Å²) in [7, 11) is 0. The molecule has 164 valence electrons. The van der Waals surface area contributed by atoms with Gasteiger partial charge in [0.15, 0.2) is 11.5 Å². The zero-order valence-corrected chi connectivity index (χ0v) is 18.2. The van der Waals surface area contributed by atoms with Crippen molar-refractivity contribution in [1.29, 1.82) is 0 Å². The minimum absolute atomic E-state index is 0.142. The van der Waals surface area contributed by atoms with Gasteiger partial charge < -0.3 is 19.4 Å². The van der Waals surface area contributed by atoms with Crippen LogP contribution in [0, 0.1) is 0 Å². The number of aromatic nitrogens is 1. The monoisotopic (exact) mass is 436 g/mol. The highest BCUT2D eigenvalue weighted by atomic mass is 16.6. The number of allylic oxidation sites excluding steroid dienone is 1. The van der Waals surface area contributed by atoms with Gasteiger partial charge in [0, 0.05) is 29.6 Å². The number of rotatable bonds is 4. The number of H-pyrrole nitrogens is 1. The molecule has 1 unspecified atom stereocenters. The van der Waals surface area contributed by atoms with E-state index in [-0.39, 0.29) is 6.04 Å². The second-order valence-corrected chi connectivity index (χ2v) is 8.52. The highest BCUT2D eigenvalue weighted by molar-refractivity contribution is 5.85. The van der Waals surface area contributed by atoms with Crippen molar-refractivity contribution in [2.45, 2.75) is 18.9 Å². The Morgan fingerprint density at radius 1 is 0.970 bits per heavy atom. The smallest absolute Gasteiger partial charge is 0.161 e. The summed E-state index contributed by atoms with van der Waals surface area (Å²) in [5, 5.41) is 1.24. The van der Waals surface area contributed by atoms with Crippen LogP contribution in [0.4, 0.5) is 0 Å². The number of ether oxygens (including phenoxy) is 2. The summed E-state index contributed by atoms with van der Waals surface area (Å²) in [5.74, 6) is 3.78. The first kappa shape index (κ1) is 19.7. The van der Waals surface area contributed by atoms with E-state index < -0.39 is 0 Å². The maximum atomic E-state index is 12.2. The molecule has 5 nitrogen and oxygen atoms in total. The second-order valence-electron chi connectivity index (χ2n) is 8.52. The molecule has 0 bridgehead atoms. The number of benzene rings is 3. The molecule has 0 spiro atoms. The molecule has 1 atom stereocenters. The van der Waals surface area contributed by atoms with Gasteiger partial charge in [0.2, 0.25) is 0 Å². The first-order valence-electron chi connectivity index (χ1n) is 11.4. The molecule has 0 aliphatic carbocycles. The standard InChI is InChI=1S/C28H24N2O3/c31-18-21(16-19-6-2-1-3-7-19)30-13-12-23-22-8-4-5-9-24(22)29-27(23)28(30)20-10-11-25-26(17-20)33-15-14-32-25/h1-11,17,28-29H,12-16H2. The SMILES string of the molecule is O=C=C(Cc1ccccc1)N1CCc2c([nH]c3ccccc23)C1c1ccc2c(c1)OCCO2. The van der Waals surface area contributed by atoms with E-state index in [4.69, 9.17) is 9.47 Å². The number of hydrogen-bond acceptors (Lipinski definition) is 4. The van der Waals surface area contributed by atoms with Crippen LogP contribution in [0.25, 0.3) is 10.9 Å². The minimum Gasteiger partial charge on any atom is -0.486 e. The van der Waals surface area contributed by atoms with Crippen molar-refractivity contribution in [2.24, 2.45) is 0 Å². The van der Waals surface area contributed by atoms with Gasteiger partial charge in [-0.1, -0.05) is 54.6 Å². The van der Waals surface area contributed by atoms with Crippen molar-refractivity contribution in [2.75, 3.05) is 19.8 Å². The molecular weight excluding hydrogens is 412 g/mol. The fourth-order valence-corrected chi connectivity index (χ4v) is 5.09. The number of aromatic amines is 1. The molecule has 3 aromatic carbocycles. The number of hydrogen-bond donors (Lipinski definition) is 1. The van der Waals surface area contributed by atoms with Crippen LogP contribution in [-0.2, 0) is 17.6 Å². The average Bonchev–Trinajstić information content (AvgIpc) is 3.26.